The number of rotatable bonds is 8. The molecular formula is C29H27F4NO2S2. The zero-order valence-electron chi connectivity index (χ0n) is 20.5. The summed E-state index contributed by atoms with van der Waals surface area (Å²) in [5.74, 6) is 1.57. The molecule has 0 amide bonds. The van der Waals surface area contributed by atoms with Crippen molar-refractivity contribution in [1.82, 2.24) is 4.90 Å². The lowest BCUT2D eigenvalue weighted by Gasteiger charge is -2.24. The van der Waals surface area contributed by atoms with Crippen LogP contribution in [0.25, 0.3) is 11.1 Å². The van der Waals surface area contributed by atoms with Crippen molar-refractivity contribution in [2.45, 2.75) is 34.2 Å². The number of hydrogen-bond acceptors (Lipinski definition) is 5. The van der Waals surface area contributed by atoms with Crippen molar-refractivity contribution in [2.24, 2.45) is 0 Å². The third kappa shape index (κ3) is 6.50. The molecule has 0 aliphatic carbocycles. The minimum absolute atomic E-state index is 0.0677. The first-order valence-electron chi connectivity index (χ1n) is 12.4. The molecule has 5 rings (SSSR count). The Kier molecular flexibility index (Phi) is 8.26. The first-order chi connectivity index (χ1) is 18.3. The predicted octanol–water partition coefficient (Wildman–Crippen LogP) is 7.88. The fraction of sp³-hybridized carbons (Fsp3) is 0.310. The van der Waals surface area contributed by atoms with Gasteiger partial charge in [0.05, 0.1) is 6.67 Å². The third-order valence-corrected chi connectivity index (χ3v) is 8.45. The summed E-state index contributed by atoms with van der Waals surface area (Å²) in [5, 5.41) is 10.0. The van der Waals surface area contributed by atoms with Gasteiger partial charge in [0.25, 0.3) is 0 Å². The Morgan fingerprint density at radius 3 is 2.45 bits per heavy atom. The maximum atomic E-state index is 12.8. The zero-order valence-corrected chi connectivity index (χ0v) is 22.1. The molecule has 2 aliphatic heterocycles. The monoisotopic (exact) mass is 561 g/mol. The summed E-state index contributed by atoms with van der Waals surface area (Å²) in [6.45, 7) is 2.13. The van der Waals surface area contributed by atoms with Crippen LogP contribution >= 0.6 is 23.5 Å². The number of aromatic hydroxyl groups is 1. The van der Waals surface area contributed by atoms with Gasteiger partial charge in [-0.15, -0.1) is 11.8 Å². The molecule has 1 saturated heterocycles. The second-order valence-corrected chi connectivity index (χ2v) is 11.4. The van der Waals surface area contributed by atoms with Gasteiger partial charge in [0.2, 0.25) is 0 Å². The van der Waals surface area contributed by atoms with Crippen LogP contribution in [-0.4, -0.2) is 53.7 Å². The third-order valence-electron chi connectivity index (χ3n) is 6.63. The molecule has 2 heterocycles. The Morgan fingerprint density at radius 1 is 1.00 bits per heavy atom. The van der Waals surface area contributed by atoms with Gasteiger partial charge in [-0.2, -0.15) is 13.2 Å². The number of likely N-dealkylation sites (tertiary alicyclic amines) is 1. The lowest BCUT2D eigenvalue weighted by Crippen LogP contribution is -2.26. The van der Waals surface area contributed by atoms with Crippen molar-refractivity contribution >= 4 is 34.7 Å². The summed E-state index contributed by atoms with van der Waals surface area (Å²) in [6.07, 6.45) is 1.51. The number of halogens is 4. The van der Waals surface area contributed by atoms with Gasteiger partial charge in [-0.25, -0.2) is 0 Å². The molecular weight excluding hydrogens is 534 g/mol. The van der Waals surface area contributed by atoms with Crippen LogP contribution in [0.1, 0.15) is 29.5 Å². The van der Waals surface area contributed by atoms with Gasteiger partial charge in [-0.1, -0.05) is 24.3 Å². The molecule has 0 radical (unpaired) electrons. The molecule has 0 spiro atoms. The molecule has 9 heteroatoms. The normalized spacial score (nSPS) is 18.1. The molecule has 3 nitrogen and oxygen atoms in total. The van der Waals surface area contributed by atoms with Crippen molar-refractivity contribution in [3.05, 3.63) is 83.4 Å². The van der Waals surface area contributed by atoms with Gasteiger partial charge in [-0.3, -0.25) is 9.29 Å². The average molecular weight is 562 g/mol. The average Bonchev–Trinajstić information content (AvgIpc) is 3.34. The molecule has 3 aromatic carbocycles. The predicted molar refractivity (Wildman–Crippen MR) is 146 cm³/mol. The van der Waals surface area contributed by atoms with E-state index in [4.69, 9.17) is 4.74 Å². The number of alkyl halides is 4. The van der Waals surface area contributed by atoms with Gasteiger partial charge in [-0.05, 0) is 94.9 Å². The van der Waals surface area contributed by atoms with Gasteiger partial charge in [0.15, 0.2) is 0 Å². The molecule has 1 fully saturated rings. The molecule has 1 atom stereocenters. The summed E-state index contributed by atoms with van der Waals surface area (Å²) in [7, 11) is 0. The standard InChI is InChI=1S/C29H27F4NO2S2/c30-13-1-14-34-15-12-23(17-34)36-22-7-2-20(3-8-22)28-25-11-6-21(35)16-27(25)37-18-26(28)19-4-9-24(10-5-19)38-29(31,32)33/h2-11,16,23,35H,1,12-15,17-18H2/t23-/m0/s1. The van der Waals surface area contributed by atoms with Crippen LogP contribution < -0.4 is 4.74 Å². The highest BCUT2D eigenvalue weighted by Gasteiger charge is 2.29. The highest BCUT2D eigenvalue weighted by molar-refractivity contribution is 8.00. The number of ether oxygens (including phenoxy) is 1. The van der Waals surface area contributed by atoms with E-state index in [1.807, 2.05) is 30.3 Å². The molecule has 0 unspecified atom stereocenters. The zero-order chi connectivity index (χ0) is 26.7. The Morgan fingerprint density at radius 2 is 1.74 bits per heavy atom. The summed E-state index contributed by atoms with van der Waals surface area (Å²) < 4.78 is 57.1. The topological polar surface area (TPSA) is 32.7 Å². The van der Waals surface area contributed by atoms with Crippen LogP contribution in [-0.2, 0) is 0 Å². The molecule has 0 bridgehead atoms. The summed E-state index contributed by atoms with van der Waals surface area (Å²) in [4.78, 5) is 3.32. The van der Waals surface area contributed by atoms with Gasteiger partial charge in [0.1, 0.15) is 17.6 Å². The summed E-state index contributed by atoms with van der Waals surface area (Å²) in [6, 6.07) is 19.6. The number of phenols is 1. The highest BCUT2D eigenvalue weighted by atomic mass is 32.2. The van der Waals surface area contributed by atoms with Crippen LogP contribution in [0.3, 0.4) is 0 Å². The molecule has 1 N–H and O–H groups in total. The van der Waals surface area contributed by atoms with E-state index < -0.39 is 5.51 Å². The van der Waals surface area contributed by atoms with Crippen molar-refractivity contribution in [3.63, 3.8) is 0 Å². The Bertz CT molecular complexity index is 1290. The molecule has 0 aromatic heterocycles. The number of nitrogens with zero attached hydrogens (tertiary/aromatic N) is 1. The van der Waals surface area contributed by atoms with Crippen LogP contribution in [0.4, 0.5) is 17.6 Å². The maximum absolute atomic E-state index is 12.8. The van der Waals surface area contributed by atoms with Crippen molar-refractivity contribution in [2.75, 3.05) is 32.1 Å². The van der Waals surface area contributed by atoms with Gasteiger partial charge in [0, 0.05) is 35.2 Å². The number of benzene rings is 3. The van der Waals surface area contributed by atoms with E-state index in [0.717, 1.165) is 64.5 Å². The smallest absolute Gasteiger partial charge is 0.446 e. The largest absolute Gasteiger partial charge is 0.508 e. The number of thioether (sulfide) groups is 2. The summed E-state index contributed by atoms with van der Waals surface area (Å²) >= 11 is 1.47. The van der Waals surface area contributed by atoms with E-state index in [-0.39, 0.29) is 35.2 Å². The maximum Gasteiger partial charge on any atom is 0.446 e. The van der Waals surface area contributed by atoms with Crippen molar-refractivity contribution < 1.29 is 27.4 Å². The first-order valence-corrected chi connectivity index (χ1v) is 14.2. The Hall–Kier alpha value is -2.62. The number of hydrogen-bond donors (Lipinski definition) is 1. The second-order valence-electron chi connectivity index (χ2n) is 9.29. The van der Waals surface area contributed by atoms with Crippen LogP contribution in [0, 0.1) is 0 Å². The molecule has 38 heavy (non-hydrogen) atoms. The van der Waals surface area contributed by atoms with E-state index in [1.165, 1.54) is 12.1 Å². The second kappa shape index (κ2) is 11.6. The molecule has 3 aromatic rings. The van der Waals surface area contributed by atoms with E-state index in [1.54, 1.807) is 36.0 Å². The van der Waals surface area contributed by atoms with E-state index >= 15 is 0 Å². The summed E-state index contributed by atoms with van der Waals surface area (Å²) in [5.41, 5.74) is 0.463. The molecule has 2 aliphatic rings. The Balaban J connectivity index is 1.43. The number of fused-ring (bicyclic) bond motifs is 1. The minimum atomic E-state index is -4.33. The van der Waals surface area contributed by atoms with Crippen LogP contribution in [0.15, 0.2) is 76.5 Å². The van der Waals surface area contributed by atoms with Crippen LogP contribution in [0.5, 0.6) is 11.5 Å². The minimum Gasteiger partial charge on any atom is -0.508 e. The fourth-order valence-electron chi connectivity index (χ4n) is 4.91. The van der Waals surface area contributed by atoms with Crippen molar-refractivity contribution in [1.29, 1.82) is 0 Å². The number of phenolic OH excluding ortho intramolecular Hbond substituents is 1. The SMILES string of the molecule is Oc1ccc2c(c1)SCC(c1ccc(SC(F)(F)F)cc1)=C2c1ccc(O[C@H]2CCN(CCCF)C2)cc1. The quantitative estimate of drug-likeness (QED) is 0.223. The lowest BCUT2D eigenvalue weighted by molar-refractivity contribution is -0.0328. The van der Waals surface area contributed by atoms with E-state index in [2.05, 4.69) is 4.90 Å². The van der Waals surface area contributed by atoms with Gasteiger partial charge >= 0.3 is 5.51 Å². The highest BCUT2D eigenvalue weighted by Crippen LogP contribution is 2.46. The Labute approximate surface area is 227 Å². The van der Waals surface area contributed by atoms with Gasteiger partial charge < -0.3 is 9.84 Å². The fourth-order valence-corrected chi connectivity index (χ4v) is 6.59. The van der Waals surface area contributed by atoms with Crippen molar-refractivity contribution in [3.8, 4) is 11.5 Å². The van der Waals surface area contributed by atoms with E-state index in [9.17, 15) is 22.7 Å². The molecule has 200 valence electrons. The molecule has 0 saturated carbocycles. The van der Waals surface area contributed by atoms with E-state index in [0.29, 0.717) is 12.2 Å². The lowest BCUT2D eigenvalue weighted by atomic mass is 9.89. The first kappa shape index (κ1) is 27.0. The van der Waals surface area contributed by atoms with Crippen LogP contribution in [0.2, 0.25) is 0 Å².